The Kier molecular flexibility index (Phi) is 5.32. The van der Waals surface area contributed by atoms with Crippen LogP contribution in [0.2, 0.25) is 0 Å². The predicted octanol–water partition coefficient (Wildman–Crippen LogP) is 0.424. The van der Waals surface area contributed by atoms with E-state index in [1.165, 1.54) is 9.80 Å². The lowest BCUT2D eigenvalue weighted by molar-refractivity contribution is -0.143. The topological polar surface area (TPSA) is 77.9 Å². The number of carboxylic acid groups (broad SMARTS) is 1. The standard InChI is InChI=1S/C13H22N2O4/c1-4-15(8-11(16)14(2)3)12(17)9-5-6-10(7-9)13(18)19/h9-10H,4-8H2,1-3H3,(H,18,19). The molecule has 2 unspecified atom stereocenters. The van der Waals surface area contributed by atoms with Crippen LogP contribution in [0.4, 0.5) is 0 Å². The minimum Gasteiger partial charge on any atom is -0.481 e. The molecule has 0 radical (unpaired) electrons. The molecule has 1 rings (SSSR count). The largest absolute Gasteiger partial charge is 0.481 e. The maximum Gasteiger partial charge on any atom is 0.306 e. The van der Waals surface area contributed by atoms with Crippen molar-refractivity contribution in [3.63, 3.8) is 0 Å². The Hall–Kier alpha value is -1.59. The molecule has 0 aliphatic heterocycles. The quantitative estimate of drug-likeness (QED) is 0.785. The van der Waals surface area contributed by atoms with Crippen LogP contribution in [-0.4, -0.2) is 59.9 Å². The number of hydrogen-bond donors (Lipinski definition) is 1. The Morgan fingerprint density at radius 3 is 2.16 bits per heavy atom. The number of amides is 2. The molecular weight excluding hydrogens is 248 g/mol. The van der Waals surface area contributed by atoms with Crippen molar-refractivity contribution in [2.75, 3.05) is 27.2 Å². The van der Waals surface area contributed by atoms with Crippen molar-refractivity contribution < 1.29 is 19.5 Å². The highest BCUT2D eigenvalue weighted by Gasteiger charge is 2.35. The first kappa shape index (κ1) is 15.5. The molecule has 19 heavy (non-hydrogen) atoms. The zero-order valence-electron chi connectivity index (χ0n) is 11.8. The van der Waals surface area contributed by atoms with E-state index >= 15 is 0 Å². The Labute approximate surface area is 113 Å². The molecule has 0 aromatic heterocycles. The van der Waals surface area contributed by atoms with Gasteiger partial charge >= 0.3 is 5.97 Å². The van der Waals surface area contributed by atoms with Gasteiger partial charge in [0.2, 0.25) is 11.8 Å². The van der Waals surface area contributed by atoms with Gasteiger partial charge in [0.15, 0.2) is 0 Å². The van der Waals surface area contributed by atoms with Crippen LogP contribution in [0.25, 0.3) is 0 Å². The monoisotopic (exact) mass is 270 g/mol. The normalized spacial score (nSPS) is 22.1. The third-order valence-corrected chi connectivity index (χ3v) is 3.65. The Morgan fingerprint density at radius 2 is 1.74 bits per heavy atom. The predicted molar refractivity (Wildman–Crippen MR) is 69.4 cm³/mol. The first-order valence-corrected chi connectivity index (χ1v) is 6.58. The van der Waals surface area contributed by atoms with E-state index in [1.807, 2.05) is 6.92 Å². The van der Waals surface area contributed by atoms with Crippen molar-refractivity contribution in [3.05, 3.63) is 0 Å². The molecule has 0 heterocycles. The maximum absolute atomic E-state index is 12.3. The average molecular weight is 270 g/mol. The summed E-state index contributed by atoms with van der Waals surface area (Å²) in [6.07, 6.45) is 1.54. The van der Waals surface area contributed by atoms with Gasteiger partial charge in [-0.2, -0.15) is 0 Å². The lowest BCUT2D eigenvalue weighted by Gasteiger charge is -2.25. The highest BCUT2D eigenvalue weighted by Crippen LogP contribution is 2.32. The summed E-state index contributed by atoms with van der Waals surface area (Å²) in [5.74, 6) is -1.72. The van der Waals surface area contributed by atoms with Crippen molar-refractivity contribution in [2.24, 2.45) is 11.8 Å². The number of carbonyl (C=O) groups excluding carboxylic acids is 2. The zero-order valence-corrected chi connectivity index (χ0v) is 11.8. The van der Waals surface area contributed by atoms with Crippen molar-refractivity contribution in [1.82, 2.24) is 9.80 Å². The van der Waals surface area contributed by atoms with Gasteiger partial charge in [0, 0.05) is 26.6 Å². The van der Waals surface area contributed by atoms with Gasteiger partial charge in [-0.25, -0.2) is 0 Å². The average Bonchev–Trinajstić information content (AvgIpc) is 2.84. The third kappa shape index (κ3) is 3.94. The van der Waals surface area contributed by atoms with E-state index in [4.69, 9.17) is 5.11 Å². The van der Waals surface area contributed by atoms with Gasteiger partial charge in [0.05, 0.1) is 12.5 Å². The third-order valence-electron chi connectivity index (χ3n) is 3.65. The molecular formula is C13H22N2O4. The van der Waals surface area contributed by atoms with Gasteiger partial charge < -0.3 is 14.9 Å². The minimum atomic E-state index is -0.831. The molecule has 1 aliphatic carbocycles. The van der Waals surface area contributed by atoms with Crippen molar-refractivity contribution >= 4 is 17.8 Å². The molecule has 0 saturated heterocycles. The van der Waals surface area contributed by atoms with Crippen LogP contribution in [0, 0.1) is 11.8 Å². The van der Waals surface area contributed by atoms with Crippen molar-refractivity contribution in [1.29, 1.82) is 0 Å². The molecule has 1 fully saturated rings. The number of rotatable bonds is 5. The van der Waals surface area contributed by atoms with Crippen LogP contribution in [0.1, 0.15) is 26.2 Å². The fourth-order valence-corrected chi connectivity index (χ4v) is 2.34. The summed E-state index contributed by atoms with van der Waals surface area (Å²) in [4.78, 5) is 37.8. The molecule has 2 atom stereocenters. The number of nitrogens with zero attached hydrogens (tertiary/aromatic N) is 2. The number of hydrogen-bond acceptors (Lipinski definition) is 3. The summed E-state index contributed by atoms with van der Waals surface area (Å²) in [6, 6.07) is 0. The molecule has 1 aliphatic rings. The van der Waals surface area contributed by atoms with E-state index in [-0.39, 0.29) is 24.3 Å². The van der Waals surface area contributed by atoms with E-state index in [1.54, 1.807) is 14.1 Å². The van der Waals surface area contributed by atoms with Gasteiger partial charge in [0.25, 0.3) is 0 Å². The molecule has 2 amide bonds. The molecule has 0 aromatic rings. The van der Waals surface area contributed by atoms with Crippen LogP contribution < -0.4 is 0 Å². The smallest absolute Gasteiger partial charge is 0.306 e. The summed E-state index contributed by atoms with van der Waals surface area (Å²) in [5.41, 5.74) is 0. The second kappa shape index (κ2) is 6.54. The van der Waals surface area contributed by atoms with Gasteiger partial charge in [-0.15, -0.1) is 0 Å². The molecule has 0 bridgehead atoms. The summed E-state index contributed by atoms with van der Waals surface area (Å²) >= 11 is 0. The second-order valence-corrected chi connectivity index (χ2v) is 5.19. The maximum atomic E-state index is 12.3. The first-order valence-electron chi connectivity index (χ1n) is 6.58. The van der Waals surface area contributed by atoms with Gasteiger partial charge in [0.1, 0.15) is 0 Å². The highest BCUT2D eigenvalue weighted by molar-refractivity contribution is 5.86. The molecule has 0 aromatic carbocycles. The molecule has 1 saturated carbocycles. The van der Waals surface area contributed by atoms with E-state index in [0.717, 1.165) is 0 Å². The lowest BCUT2D eigenvalue weighted by Crippen LogP contribution is -2.42. The van der Waals surface area contributed by atoms with E-state index < -0.39 is 11.9 Å². The van der Waals surface area contributed by atoms with E-state index in [2.05, 4.69) is 0 Å². The van der Waals surface area contributed by atoms with Crippen LogP contribution >= 0.6 is 0 Å². The van der Waals surface area contributed by atoms with Gasteiger partial charge in [-0.05, 0) is 26.2 Å². The minimum absolute atomic E-state index is 0.0660. The fraction of sp³-hybridized carbons (Fsp3) is 0.769. The fourth-order valence-electron chi connectivity index (χ4n) is 2.34. The van der Waals surface area contributed by atoms with Crippen molar-refractivity contribution in [3.8, 4) is 0 Å². The summed E-state index contributed by atoms with van der Waals surface area (Å²) in [6.45, 7) is 2.35. The lowest BCUT2D eigenvalue weighted by atomic mass is 10.0. The second-order valence-electron chi connectivity index (χ2n) is 5.19. The van der Waals surface area contributed by atoms with Crippen LogP contribution in [0.15, 0.2) is 0 Å². The number of carbonyl (C=O) groups is 3. The Bertz CT molecular complexity index is 368. The van der Waals surface area contributed by atoms with E-state index in [0.29, 0.717) is 25.8 Å². The summed E-state index contributed by atoms with van der Waals surface area (Å²) in [7, 11) is 3.30. The number of aliphatic carboxylic acids is 1. The van der Waals surface area contributed by atoms with Crippen LogP contribution in [0.3, 0.4) is 0 Å². The van der Waals surface area contributed by atoms with Gasteiger partial charge in [-0.1, -0.05) is 0 Å². The molecule has 0 spiro atoms. The number of carboxylic acids is 1. The SMILES string of the molecule is CCN(CC(=O)N(C)C)C(=O)C1CCC(C(=O)O)C1. The molecule has 6 heteroatoms. The zero-order chi connectivity index (χ0) is 14.6. The highest BCUT2D eigenvalue weighted by atomic mass is 16.4. The number of likely N-dealkylation sites (N-methyl/N-ethyl adjacent to an activating group) is 2. The van der Waals surface area contributed by atoms with Crippen LogP contribution in [-0.2, 0) is 14.4 Å². The Morgan fingerprint density at radius 1 is 1.16 bits per heavy atom. The van der Waals surface area contributed by atoms with Crippen molar-refractivity contribution in [2.45, 2.75) is 26.2 Å². The molecule has 6 nitrogen and oxygen atoms in total. The van der Waals surface area contributed by atoms with E-state index in [9.17, 15) is 14.4 Å². The van der Waals surface area contributed by atoms with Crippen LogP contribution in [0.5, 0.6) is 0 Å². The first-order chi connectivity index (χ1) is 8.86. The molecule has 1 N–H and O–H groups in total. The Balaban J connectivity index is 2.60. The molecule has 108 valence electrons. The van der Waals surface area contributed by atoms with Gasteiger partial charge in [-0.3, -0.25) is 14.4 Å². The summed E-state index contributed by atoms with van der Waals surface area (Å²) < 4.78 is 0. The summed E-state index contributed by atoms with van der Waals surface area (Å²) in [5, 5.41) is 8.94.